The summed E-state index contributed by atoms with van der Waals surface area (Å²) in [4.78, 5) is 23.6. The third-order valence-corrected chi connectivity index (χ3v) is 5.96. The topological polar surface area (TPSA) is 110 Å². The van der Waals surface area contributed by atoms with Crippen LogP contribution < -0.4 is 9.62 Å². The smallest absolute Gasteiger partial charge is 0.271 e. The largest absolute Gasteiger partial charge is 0.312 e. The molecule has 1 N–H and O–H groups in total. The molecule has 0 saturated heterocycles. The molecule has 1 aliphatic rings. The van der Waals surface area contributed by atoms with Crippen LogP contribution in [0.3, 0.4) is 0 Å². The van der Waals surface area contributed by atoms with Crippen molar-refractivity contribution in [3.63, 3.8) is 0 Å². The van der Waals surface area contributed by atoms with Crippen molar-refractivity contribution in [1.29, 1.82) is 0 Å². The van der Waals surface area contributed by atoms with Gasteiger partial charge in [-0.05, 0) is 42.7 Å². The predicted molar refractivity (Wildman–Crippen MR) is 102 cm³/mol. The quantitative estimate of drug-likeness (QED) is 0.615. The number of amides is 1. The number of hydrogen-bond donors (Lipinski definition) is 1. The minimum Gasteiger partial charge on any atom is -0.312 e. The summed E-state index contributed by atoms with van der Waals surface area (Å²) in [6, 6.07) is 8.02. The molecule has 1 heterocycles. The summed E-state index contributed by atoms with van der Waals surface area (Å²) in [5.41, 5.74) is 1.10. The lowest BCUT2D eigenvalue weighted by Gasteiger charge is -2.28. The fraction of sp³-hybridized carbons (Fsp3) is 0.235. The molecule has 1 aliphatic heterocycles. The lowest BCUT2D eigenvalue weighted by atomic mass is 10.0. The number of carbonyl (C=O) groups is 1. The van der Waals surface area contributed by atoms with Crippen LogP contribution in [0.25, 0.3) is 0 Å². The van der Waals surface area contributed by atoms with Gasteiger partial charge < -0.3 is 4.90 Å². The number of sulfonamides is 1. The van der Waals surface area contributed by atoms with Crippen LogP contribution >= 0.6 is 11.6 Å². The Bertz CT molecular complexity index is 1040. The van der Waals surface area contributed by atoms with E-state index in [0.29, 0.717) is 18.7 Å². The molecular formula is C17H16ClN3O5S. The molecule has 2 aromatic carbocycles. The number of non-ortho nitro benzene ring substituents is 1. The zero-order valence-electron chi connectivity index (χ0n) is 14.3. The van der Waals surface area contributed by atoms with Crippen molar-refractivity contribution in [3.05, 3.63) is 57.1 Å². The number of nitro benzene ring substituents is 1. The monoisotopic (exact) mass is 409 g/mol. The Hall–Kier alpha value is -2.65. The maximum absolute atomic E-state index is 12.7. The van der Waals surface area contributed by atoms with E-state index in [0.717, 1.165) is 18.1 Å². The van der Waals surface area contributed by atoms with Crippen molar-refractivity contribution in [2.45, 2.75) is 24.7 Å². The van der Waals surface area contributed by atoms with E-state index in [4.69, 9.17) is 11.6 Å². The number of aryl methyl sites for hydroxylation is 1. The van der Waals surface area contributed by atoms with Gasteiger partial charge in [0.15, 0.2) is 0 Å². The second kappa shape index (κ2) is 7.16. The number of rotatable bonds is 4. The lowest BCUT2D eigenvalue weighted by Crippen LogP contribution is -2.33. The zero-order valence-corrected chi connectivity index (χ0v) is 15.9. The van der Waals surface area contributed by atoms with Gasteiger partial charge in [0.25, 0.3) is 15.7 Å². The third kappa shape index (κ3) is 3.88. The van der Waals surface area contributed by atoms with Gasteiger partial charge in [0.2, 0.25) is 5.91 Å². The Morgan fingerprint density at radius 1 is 1.26 bits per heavy atom. The van der Waals surface area contributed by atoms with Crippen molar-refractivity contribution in [3.8, 4) is 0 Å². The molecule has 0 atom stereocenters. The minimum absolute atomic E-state index is 0.00535. The summed E-state index contributed by atoms with van der Waals surface area (Å²) in [6.45, 7) is 2.06. The van der Waals surface area contributed by atoms with Gasteiger partial charge in [-0.1, -0.05) is 11.6 Å². The van der Waals surface area contributed by atoms with Crippen molar-refractivity contribution in [1.82, 2.24) is 0 Å². The van der Waals surface area contributed by atoms with E-state index in [9.17, 15) is 23.3 Å². The Labute approximate surface area is 160 Å². The maximum Gasteiger partial charge on any atom is 0.271 e. The molecule has 3 rings (SSSR count). The highest BCUT2D eigenvalue weighted by Gasteiger charge is 2.24. The fourth-order valence-corrected chi connectivity index (χ4v) is 4.32. The second-order valence-electron chi connectivity index (χ2n) is 6.09. The summed E-state index contributed by atoms with van der Waals surface area (Å²) in [6.07, 6.45) is 1.39. The summed E-state index contributed by atoms with van der Waals surface area (Å²) < 4.78 is 27.7. The molecule has 10 heteroatoms. The summed E-state index contributed by atoms with van der Waals surface area (Å²) >= 11 is 5.97. The van der Waals surface area contributed by atoms with E-state index in [1.807, 2.05) is 0 Å². The maximum atomic E-state index is 12.7. The van der Waals surface area contributed by atoms with Gasteiger partial charge in [-0.3, -0.25) is 19.6 Å². The number of anilines is 2. The van der Waals surface area contributed by atoms with Crippen LogP contribution in [0.15, 0.2) is 41.3 Å². The SMILES string of the molecule is CC(=O)N1CCCc2cc(S(=O)(=O)Nc3cc([N+](=O)[O-])ccc3Cl)ccc21. The van der Waals surface area contributed by atoms with Crippen molar-refractivity contribution >= 4 is 44.6 Å². The van der Waals surface area contributed by atoms with Gasteiger partial charge in [-0.25, -0.2) is 8.42 Å². The molecule has 0 unspecified atom stereocenters. The van der Waals surface area contributed by atoms with Crippen molar-refractivity contribution in [2.75, 3.05) is 16.2 Å². The number of benzene rings is 2. The van der Waals surface area contributed by atoms with Crippen LogP contribution in [-0.2, 0) is 21.2 Å². The highest BCUT2D eigenvalue weighted by atomic mass is 35.5. The number of fused-ring (bicyclic) bond motifs is 1. The van der Waals surface area contributed by atoms with Gasteiger partial charge >= 0.3 is 0 Å². The molecule has 27 heavy (non-hydrogen) atoms. The van der Waals surface area contributed by atoms with Gasteiger partial charge in [0, 0.05) is 31.3 Å². The average molecular weight is 410 g/mol. The standard InChI is InChI=1S/C17H16ClN3O5S/c1-11(22)20-8-2-3-12-9-14(5-7-17(12)20)27(25,26)19-16-10-13(21(23)24)4-6-15(16)18/h4-7,9-10,19H,2-3,8H2,1H3. The molecule has 0 fully saturated rings. The number of nitrogens with zero attached hydrogens (tertiary/aromatic N) is 2. The first-order valence-corrected chi connectivity index (χ1v) is 9.93. The second-order valence-corrected chi connectivity index (χ2v) is 8.18. The van der Waals surface area contributed by atoms with Crippen LogP contribution in [0.4, 0.5) is 17.1 Å². The number of hydrogen-bond acceptors (Lipinski definition) is 5. The lowest BCUT2D eigenvalue weighted by molar-refractivity contribution is -0.384. The number of nitro groups is 1. The normalized spacial score (nSPS) is 13.8. The fourth-order valence-electron chi connectivity index (χ4n) is 2.98. The van der Waals surface area contributed by atoms with E-state index in [-0.39, 0.29) is 27.2 Å². The Morgan fingerprint density at radius 3 is 2.67 bits per heavy atom. The van der Waals surface area contributed by atoms with Gasteiger partial charge in [-0.15, -0.1) is 0 Å². The summed E-state index contributed by atoms with van der Waals surface area (Å²) in [5, 5.41) is 10.9. The van der Waals surface area contributed by atoms with Crippen molar-refractivity contribution in [2.24, 2.45) is 0 Å². The van der Waals surface area contributed by atoms with Crippen LogP contribution in [0, 0.1) is 10.1 Å². The molecule has 142 valence electrons. The summed E-state index contributed by atoms with van der Waals surface area (Å²) in [5.74, 6) is -0.104. The molecule has 0 spiro atoms. The van der Waals surface area contributed by atoms with Gasteiger partial charge in [0.05, 0.1) is 20.5 Å². The average Bonchev–Trinajstić information content (AvgIpc) is 2.62. The molecule has 1 amide bonds. The Kier molecular flexibility index (Phi) is 5.07. The molecule has 0 aromatic heterocycles. The molecule has 8 nitrogen and oxygen atoms in total. The molecule has 2 aromatic rings. The predicted octanol–water partition coefficient (Wildman–Crippen LogP) is 3.35. The first-order chi connectivity index (χ1) is 12.7. The highest BCUT2D eigenvalue weighted by molar-refractivity contribution is 7.92. The Morgan fingerprint density at radius 2 is 2.00 bits per heavy atom. The minimum atomic E-state index is -4.01. The van der Waals surface area contributed by atoms with Crippen LogP contribution in [-0.4, -0.2) is 25.8 Å². The van der Waals surface area contributed by atoms with Gasteiger partial charge in [-0.2, -0.15) is 0 Å². The number of halogens is 1. The van der Waals surface area contributed by atoms with E-state index in [1.165, 1.54) is 31.2 Å². The summed E-state index contributed by atoms with van der Waals surface area (Å²) in [7, 11) is -4.01. The molecule has 0 saturated carbocycles. The zero-order chi connectivity index (χ0) is 19.8. The molecule has 0 radical (unpaired) electrons. The van der Waals surface area contributed by atoms with Crippen LogP contribution in [0.2, 0.25) is 5.02 Å². The van der Waals surface area contributed by atoms with E-state index >= 15 is 0 Å². The van der Waals surface area contributed by atoms with Crippen LogP contribution in [0.1, 0.15) is 18.9 Å². The first-order valence-electron chi connectivity index (χ1n) is 8.07. The van der Waals surface area contributed by atoms with Crippen LogP contribution in [0.5, 0.6) is 0 Å². The Balaban J connectivity index is 1.96. The number of nitrogens with one attached hydrogen (secondary N) is 1. The third-order valence-electron chi connectivity index (χ3n) is 4.27. The molecular weight excluding hydrogens is 394 g/mol. The van der Waals surface area contributed by atoms with E-state index in [1.54, 1.807) is 11.0 Å². The van der Waals surface area contributed by atoms with E-state index in [2.05, 4.69) is 4.72 Å². The molecule has 0 aliphatic carbocycles. The molecule has 0 bridgehead atoms. The van der Waals surface area contributed by atoms with Crippen molar-refractivity contribution < 1.29 is 18.1 Å². The van der Waals surface area contributed by atoms with Gasteiger partial charge in [0.1, 0.15) is 0 Å². The van der Waals surface area contributed by atoms with E-state index < -0.39 is 14.9 Å². The first kappa shape index (κ1) is 19.1. The highest BCUT2D eigenvalue weighted by Crippen LogP contribution is 2.32. The number of carbonyl (C=O) groups excluding carboxylic acids is 1.